The fourth-order valence-corrected chi connectivity index (χ4v) is 2.92. The van der Waals surface area contributed by atoms with Crippen molar-refractivity contribution in [2.24, 2.45) is 5.73 Å². The lowest BCUT2D eigenvalue weighted by Gasteiger charge is -2.13. The molecule has 2 aromatic rings. The number of halogens is 2. The lowest BCUT2D eigenvalue weighted by molar-refractivity contribution is -0.117. The van der Waals surface area contributed by atoms with Crippen molar-refractivity contribution in [2.45, 2.75) is 18.9 Å². The van der Waals surface area contributed by atoms with E-state index in [1.54, 1.807) is 18.2 Å². The number of carbonyl (C=O) groups excluding carboxylic acids is 1. The summed E-state index contributed by atoms with van der Waals surface area (Å²) < 4.78 is 0.892. The average Bonchev–Trinajstić information content (AvgIpc) is 2.48. The summed E-state index contributed by atoms with van der Waals surface area (Å²) in [6, 6.07) is 14.8. The number of nitrogens with two attached hydrogens (primary N) is 1. The molecule has 0 aliphatic carbocycles. The molecule has 0 radical (unpaired) electrons. The lowest BCUT2D eigenvalue weighted by Crippen LogP contribution is -2.36. The first-order valence-corrected chi connectivity index (χ1v) is 8.07. The first-order chi connectivity index (χ1) is 10.1. The van der Waals surface area contributed by atoms with E-state index in [2.05, 4.69) is 27.9 Å². The van der Waals surface area contributed by atoms with Gasteiger partial charge in [0, 0.05) is 8.59 Å². The summed E-state index contributed by atoms with van der Waals surface area (Å²) >= 11 is 8.02. The summed E-state index contributed by atoms with van der Waals surface area (Å²) in [6.45, 7) is 0. The van der Waals surface area contributed by atoms with Gasteiger partial charge in [-0.1, -0.05) is 41.9 Å². The number of aryl methyl sites for hydroxylation is 1. The molecule has 2 aromatic carbocycles. The second-order valence-corrected chi connectivity index (χ2v) is 6.34. The maximum absolute atomic E-state index is 12.1. The molecule has 0 saturated carbocycles. The van der Waals surface area contributed by atoms with Gasteiger partial charge in [-0.3, -0.25) is 4.79 Å². The molecule has 21 heavy (non-hydrogen) atoms. The van der Waals surface area contributed by atoms with Gasteiger partial charge in [0.2, 0.25) is 5.91 Å². The predicted molar refractivity (Wildman–Crippen MR) is 95.5 cm³/mol. The smallest absolute Gasteiger partial charge is 0.241 e. The highest BCUT2D eigenvalue weighted by molar-refractivity contribution is 14.1. The molecule has 0 spiro atoms. The Morgan fingerprint density at radius 1 is 1.24 bits per heavy atom. The molecule has 0 saturated heterocycles. The van der Waals surface area contributed by atoms with Crippen LogP contribution in [0.2, 0.25) is 5.02 Å². The minimum atomic E-state index is -0.531. The quantitative estimate of drug-likeness (QED) is 0.730. The van der Waals surface area contributed by atoms with Gasteiger partial charge in [0.15, 0.2) is 0 Å². The van der Waals surface area contributed by atoms with Gasteiger partial charge in [-0.15, -0.1) is 0 Å². The number of benzene rings is 2. The van der Waals surface area contributed by atoms with Crippen molar-refractivity contribution >= 4 is 45.8 Å². The molecule has 0 aliphatic heterocycles. The topological polar surface area (TPSA) is 55.1 Å². The zero-order valence-electron chi connectivity index (χ0n) is 11.4. The van der Waals surface area contributed by atoms with Gasteiger partial charge in [-0.25, -0.2) is 0 Å². The normalized spacial score (nSPS) is 12.0. The Balaban J connectivity index is 1.90. The van der Waals surface area contributed by atoms with Crippen molar-refractivity contribution in [3.8, 4) is 0 Å². The number of hydrogen-bond donors (Lipinski definition) is 2. The summed E-state index contributed by atoms with van der Waals surface area (Å²) in [7, 11) is 0. The number of hydrogen-bond acceptors (Lipinski definition) is 2. The van der Waals surface area contributed by atoms with Crippen molar-refractivity contribution in [2.75, 3.05) is 5.32 Å². The number of rotatable bonds is 5. The molecule has 0 bridgehead atoms. The Kier molecular flexibility index (Phi) is 6.02. The third-order valence-electron chi connectivity index (χ3n) is 3.11. The number of carbonyl (C=O) groups is 1. The van der Waals surface area contributed by atoms with Crippen LogP contribution in [0.3, 0.4) is 0 Å². The highest BCUT2D eigenvalue weighted by Gasteiger charge is 2.14. The maximum Gasteiger partial charge on any atom is 0.241 e. The average molecular weight is 415 g/mol. The molecule has 0 aromatic heterocycles. The molecule has 0 unspecified atom stereocenters. The second-order valence-electron chi connectivity index (χ2n) is 4.74. The molecular weight excluding hydrogens is 399 g/mol. The molecule has 110 valence electrons. The summed E-state index contributed by atoms with van der Waals surface area (Å²) in [5.74, 6) is -0.175. The lowest BCUT2D eigenvalue weighted by atomic mass is 10.1. The van der Waals surface area contributed by atoms with Gasteiger partial charge in [-0.05, 0) is 59.2 Å². The van der Waals surface area contributed by atoms with Gasteiger partial charge >= 0.3 is 0 Å². The highest BCUT2D eigenvalue weighted by Crippen LogP contribution is 2.22. The molecule has 1 amide bonds. The van der Waals surface area contributed by atoms with Gasteiger partial charge in [0.25, 0.3) is 0 Å². The van der Waals surface area contributed by atoms with Crippen molar-refractivity contribution < 1.29 is 4.79 Å². The van der Waals surface area contributed by atoms with Crippen molar-refractivity contribution in [3.05, 3.63) is 62.7 Å². The van der Waals surface area contributed by atoms with Gasteiger partial charge < -0.3 is 11.1 Å². The summed E-state index contributed by atoms with van der Waals surface area (Å²) in [6.07, 6.45) is 1.40. The molecule has 0 heterocycles. The van der Waals surface area contributed by atoms with Crippen molar-refractivity contribution in [1.29, 1.82) is 0 Å². The van der Waals surface area contributed by atoms with E-state index in [0.29, 0.717) is 11.4 Å². The summed E-state index contributed by atoms with van der Waals surface area (Å²) in [5, 5.41) is 3.49. The van der Waals surface area contributed by atoms with Crippen LogP contribution in [0.15, 0.2) is 48.5 Å². The van der Waals surface area contributed by atoms with Crippen LogP contribution < -0.4 is 11.1 Å². The third-order valence-corrected chi connectivity index (χ3v) is 4.24. The van der Waals surface area contributed by atoms with E-state index >= 15 is 0 Å². The third kappa shape index (κ3) is 4.98. The SMILES string of the molecule is N[C@@H](CCc1ccccc1)C(=O)Nc1ccc(Cl)cc1I. The first-order valence-electron chi connectivity index (χ1n) is 6.61. The molecule has 3 N–H and O–H groups in total. The van der Waals surface area contributed by atoms with E-state index < -0.39 is 6.04 Å². The minimum Gasteiger partial charge on any atom is -0.324 e. The molecule has 5 heteroatoms. The zero-order chi connectivity index (χ0) is 15.2. The van der Waals surface area contributed by atoms with Crippen LogP contribution in [0.4, 0.5) is 5.69 Å². The second kappa shape index (κ2) is 7.77. The molecular formula is C16H16ClIN2O. The van der Waals surface area contributed by atoms with Gasteiger partial charge in [-0.2, -0.15) is 0 Å². The van der Waals surface area contributed by atoms with E-state index in [1.165, 1.54) is 5.56 Å². The van der Waals surface area contributed by atoms with Gasteiger partial charge in [0.1, 0.15) is 0 Å². The van der Waals surface area contributed by atoms with Crippen LogP contribution in [-0.2, 0) is 11.2 Å². The maximum atomic E-state index is 12.1. The van der Waals surface area contributed by atoms with Crippen LogP contribution >= 0.6 is 34.2 Å². The number of anilines is 1. The highest BCUT2D eigenvalue weighted by atomic mass is 127. The standard InChI is InChI=1S/C16H16ClIN2O/c17-12-7-9-15(13(18)10-12)20-16(21)14(19)8-6-11-4-2-1-3-5-11/h1-5,7,9-10,14H,6,8,19H2,(H,20,21)/t14-/m0/s1. The fourth-order valence-electron chi connectivity index (χ4n) is 1.91. The Morgan fingerprint density at radius 2 is 1.95 bits per heavy atom. The number of amides is 1. The zero-order valence-corrected chi connectivity index (χ0v) is 14.3. The van der Waals surface area contributed by atoms with Crippen LogP contribution in [0.25, 0.3) is 0 Å². The van der Waals surface area contributed by atoms with Crippen LogP contribution in [0.5, 0.6) is 0 Å². The molecule has 0 aliphatic rings. The Morgan fingerprint density at radius 3 is 2.62 bits per heavy atom. The van der Waals surface area contributed by atoms with E-state index in [1.807, 2.05) is 30.3 Å². The summed E-state index contributed by atoms with van der Waals surface area (Å²) in [5.41, 5.74) is 7.87. The fraction of sp³-hybridized carbons (Fsp3) is 0.188. The van der Waals surface area contributed by atoms with Crippen molar-refractivity contribution in [3.63, 3.8) is 0 Å². The Hall–Kier alpha value is -1.11. The largest absolute Gasteiger partial charge is 0.324 e. The molecule has 2 rings (SSSR count). The molecule has 3 nitrogen and oxygen atoms in total. The summed E-state index contributed by atoms with van der Waals surface area (Å²) in [4.78, 5) is 12.1. The van der Waals surface area contributed by atoms with Crippen LogP contribution in [0.1, 0.15) is 12.0 Å². The van der Waals surface area contributed by atoms with E-state index in [-0.39, 0.29) is 5.91 Å². The monoisotopic (exact) mass is 414 g/mol. The molecule has 1 atom stereocenters. The van der Waals surface area contributed by atoms with E-state index in [0.717, 1.165) is 15.7 Å². The van der Waals surface area contributed by atoms with Crippen molar-refractivity contribution in [1.82, 2.24) is 0 Å². The number of nitrogens with one attached hydrogen (secondary N) is 1. The molecule has 0 fully saturated rings. The van der Waals surface area contributed by atoms with Crippen LogP contribution in [-0.4, -0.2) is 11.9 Å². The predicted octanol–water partition coefficient (Wildman–Crippen LogP) is 3.84. The van der Waals surface area contributed by atoms with E-state index in [4.69, 9.17) is 17.3 Å². The van der Waals surface area contributed by atoms with Gasteiger partial charge in [0.05, 0.1) is 11.7 Å². The first kappa shape index (κ1) is 16.3. The Bertz CT molecular complexity index is 619. The van der Waals surface area contributed by atoms with E-state index in [9.17, 15) is 4.79 Å². The minimum absolute atomic E-state index is 0.175. The Labute approximate surface area is 143 Å². The van der Waals surface area contributed by atoms with Crippen LogP contribution in [0, 0.1) is 3.57 Å².